The van der Waals surface area contributed by atoms with Crippen molar-refractivity contribution < 1.29 is 4.74 Å². The average molecular weight is 209 g/mol. The van der Waals surface area contributed by atoms with Gasteiger partial charge in [-0.1, -0.05) is 12.1 Å². The Morgan fingerprint density at radius 2 is 2.29 bits per heavy atom. The standard InChI is InChI=1S/C11H15NOS/c1-13-9-5-2-3-6-10(9)14-11-7-4-8-12-11/h2-3,5-6,11-12H,4,7-8H2,1H3. The summed E-state index contributed by atoms with van der Waals surface area (Å²) in [7, 11) is 1.72. The Labute approximate surface area is 89.0 Å². The second-order valence-corrected chi connectivity index (χ2v) is 4.60. The van der Waals surface area contributed by atoms with Crippen molar-refractivity contribution in [3.05, 3.63) is 24.3 Å². The number of rotatable bonds is 3. The van der Waals surface area contributed by atoms with Crippen LogP contribution in [-0.4, -0.2) is 19.0 Å². The summed E-state index contributed by atoms with van der Waals surface area (Å²) >= 11 is 1.87. The average Bonchev–Trinajstić information content (AvgIpc) is 2.71. The van der Waals surface area contributed by atoms with Gasteiger partial charge in [-0.15, -0.1) is 11.8 Å². The number of thioether (sulfide) groups is 1. The number of ether oxygens (including phenoxy) is 1. The van der Waals surface area contributed by atoms with E-state index in [0.29, 0.717) is 5.37 Å². The van der Waals surface area contributed by atoms with E-state index in [1.54, 1.807) is 7.11 Å². The highest BCUT2D eigenvalue weighted by Crippen LogP contribution is 2.33. The molecule has 1 fully saturated rings. The lowest BCUT2D eigenvalue weighted by Crippen LogP contribution is -2.16. The van der Waals surface area contributed by atoms with E-state index in [1.165, 1.54) is 17.7 Å². The zero-order chi connectivity index (χ0) is 9.80. The number of hydrogen-bond donors (Lipinski definition) is 1. The molecule has 1 heterocycles. The van der Waals surface area contributed by atoms with Crippen LogP contribution >= 0.6 is 11.8 Å². The second kappa shape index (κ2) is 4.71. The van der Waals surface area contributed by atoms with Crippen molar-refractivity contribution in [2.45, 2.75) is 23.1 Å². The molecule has 3 heteroatoms. The van der Waals surface area contributed by atoms with E-state index in [-0.39, 0.29) is 0 Å². The number of para-hydroxylation sites is 1. The Hall–Kier alpha value is -0.670. The Kier molecular flexibility index (Phi) is 3.32. The van der Waals surface area contributed by atoms with Crippen molar-refractivity contribution >= 4 is 11.8 Å². The van der Waals surface area contributed by atoms with Crippen molar-refractivity contribution in [1.29, 1.82) is 0 Å². The molecule has 76 valence electrons. The fourth-order valence-electron chi connectivity index (χ4n) is 1.62. The maximum atomic E-state index is 5.31. The molecule has 0 aliphatic carbocycles. The molecule has 1 aromatic rings. The van der Waals surface area contributed by atoms with Crippen LogP contribution in [0.4, 0.5) is 0 Å². The zero-order valence-corrected chi connectivity index (χ0v) is 9.14. The maximum Gasteiger partial charge on any atom is 0.132 e. The number of benzene rings is 1. The molecule has 0 amide bonds. The quantitative estimate of drug-likeness (QED) is 0.826. The van der Waals surface area contributed by atoms with Crippen molar-refractivity contribution in [3.8, 4) is 5.75 Å². The molecular weight excluding hydrogens is 194 g/mol. The van der Waals surface area contributed by atoms with E-state index >= 15 is 0 Å². The van der Waals surface area contributed by atoms with Crippen LogP contribution in [0.2, 0.25) is 0 Å². The van der Waals surface area contributed by atoms with E-state index in [2.05, 4.69) is 17.4 Å². The molecule has 0 radical (unpaired) electrons. The molecule has 14 heavy (non-hydrogen) atoms. The van der Waals surface area contributed by atoms with Gasteiger partial charge in [-0.2, -0.15) is 0 Å². The minimum Gasteiger partial charge on any atom is -0.496 e. The topological polar surface area (TPSA) is 21.3 Å². The molecule has 2 rings (SSSR count). The van der Waals surface area contributed by atoms with Gasteiger partial charge in [0.1, 0.15) is 5.75 Å². The molecule has 1 N–H and O–H groups in total. The van der Waals surface area contributed by atoms with Crippen LogP contribution in [0.5, 0.6) is 5.75 Å². The molecule has 0 bridgehead atoms. The predicted octanol–water partition coefficient (Wildman–Crippen LogP) is 2.50. The first-order valence-electron chi connectivity index (χ1n) is 4.93. The van der Waals surface area contributed by atoms with Crippen LogP contribution in [0.15, 0.2) is 29.2 Å². The summed E-state index contributed by atoms with van der Waals surface area (Å²) in [5.41, 5.74) is 0. The summed E-state index contributed by atoms with van der Waals surface area (Å²) in [6.07, 6.45) is 2.54. The van der Waals surface area contributed by atoms with E-state index in [1.807, 2.05) is 23.9 Å². The lowest BCUT2D eigenvalue weighted by molar-refractivity contribution is 0.404. The van der Waals surface area contributed by atoms with Crippen LogP contribution in [-0.2, 0) is 0 Å². The molecule has 0 spiro atoms. The number of methoxy groups -OCH3 is 1. The van der Waals surface area contributed by atoms with Gasteiger partial charge in [-0.3, -0.25) is 0 Å². The second-order valence-electron chi connectivity index (χ2n) is 3.35. The van der Waals surface area contributed by atoms with Crippen molar-refractivity contribution in [1.82, 2.24) is 5.32 Å². The Morgan fingerprint density at radius 1 is 1.43 bits per heavy atom. The van der Waals surface area contributed by atoms with E-state index in [0.717, 1.165) is 12.3 Å². The van der Waals surface area contributed by atoms with Crippen LogP contribution in [0.25, 0.3) is 0 Å². The van der Waals surface area contributed by atoms with Crippen LogP contribution in [0.1, 0.15) is 12.8 Å². The minimum atomic E-state index is 0.561. The van der Waals surface area contributed by atoms with Gasteiger partial charge in [0.25, 0.3) is 0 Å². The molecule has 0 saturated carbocycles. The lowest BCUT2D eigenvalue weighted by Gasteiger charge is -2.12. The highest BCUT2D eigenvalue weighted by Gasteiger charge is 2.16. The molecule has 1 aliphatic heterocycles. The minimum absolute atomic E-state index is 0.561. The van der Waals surface area contributed by atoms with Crippen LogP contribution in [0.3, 0.4) is 0 Å². The maximum absolute atomic E-state index is 5.31. The first kappa shape index (κ1) is 9.87. The van der Waals surface area contributed by atoms with Gasteiger partial charge < -0.3 is 10.1 Å². The third-order valence-corrected chi connectivity index (χ3v) is 3.63. The summed E-state index contributed by atoms with van der Waals surface area (Å²) in [5, 5.41) is 4.03. The van der Waals surface area contributed by atoms with Crippen molar-refractivity contribution in [3.63, 3.8) is 0 Å². The molecule has 1 unspecified atom stereocenters. The first-order chi connectivity index (χ1) is 6.90. The summed E-state index contributed by atoms with van der Waals surface area (Å²) in [6, 6.07) is 8.19. The molecule has 1 saturated heterocycles. The normalized spacial score (nSPS) is 21.1. The smallest absolute Gasteiger partial charge is 0.132 e. The van der Waals surface area contributed by atoms with E-state index in [9.17, 15) is 0 Å². The highest BCUT2D eigenvalue weighted by molar-refractivity contribution is 8.00. The molecule has 1 aromatic carbocycles. The molecule has 2 nitrogen and oxygen atoms in total. The van der Waals surface area contributed by atoms with E-state index in [4.69, 9.17) is 4.74 Å². The molecular formula is C11H15NOS. The molecule has 1 atom stereocenters. The lowest BCUT2D eigenvalue weighted by atomic mass is 10.3. The van der Waals surface area contributed by atoms with Crippen LogP contribution < -0.4 is 10.1 Å². The Balaban J connectivity index is 2.07. The van der Waals surface area contributed by atoms with Gasteiger partial charge in [0.2, 0.25) is 0 Å². The molecule has 1 aliphatic rings. The summed E-state index contributed by atoms with van der Waals surface area (Å²) in [5.74, 6) is 0.978. The van der Waals surface area contributed by atoms with Gasteiger partial charge in [0.15, 0.2) is 0 Å². The summed E-state index contributed by atoms with van der Waals surface area (Å²) in [4.78, 5) is 1.23. The van der Waals surface area contributed by atoms with Gasteiger partial charge >= 0.3 is 0 Å². The van der Waals surface area contributed by atoms with Crippen LogP contribution in [0, 0.1) is 0 Å². The number of nitrogens with one attached hydrogen (secondary N) is 1. The van der Waals surface area contributed by atoms with Gasteiger partial charge in [-0.05, 0) is 31.5 Å². The SMILES string of the molecule is COc1ccccc1SC1CCCN1. The zero-order valence-electron chi connectivity index (χ0n) is 8.32. The largest absolute Gasteiger partial charge is 0.496 e. The van der Waals surface area contributed by atoms with Crippen molar-refractivity contribution in [2.24, 2.45) is 0 Å². The molecule has 0 aromatic heterocycles. The fraction of sp³-hybridized carbons (Fsp3) is 0.455. The first-order valence-corrected chi connectivity index (χ1v) is 5.81. The third kappa shape index (κ3) is 2.22. The van der Waals surface area contributed by atoms with Gasteiger partial charge in [0, 0.05) is 0 Å². The monoisotopic (exact) mass is 209 g/mol. The van der Waals surface area contributed by atoms with Crippen molar-refractivity contribution in [2.75, 3.05) is 13.7 Å². The predicted molar refractivity (Wildman–Crippen MR) is 59.9 cm³/mol. The van der Waals surface area contributed by atoms with Gasteiger partial charge in [-0.25, -0.2) is 0 Å². The van der Waals surface area contributed by atoms with E-state index < -0.39 is 0 Å². The highest BCUT2D eigenvalue weighted by atomic mass is 32.2. The summed E-state index contributed by atoms with van der Waals surface area (Å²) < 4.78 is 5.31. The fourth-order valence-corrected chi connectivity index (χ4v) is 2.84. The number of hydrogen-bond acceptors (Lipinski definition) is 3. The van der Waals surface area contributed by atoms with Gasteiger partial charge in [0.05, 0.1) is 17.4 Å². The third-order valence-electron chi connectivity index (χ3n) is 2.35. The summed E-state index contributed by atoms with van der Waals surface area (Å²) in [6.45, 7) is 1.15. The Bertz CT molecular complexity index is 297. The Morgan fingerprint density at radius 3 is 3.00 bits per heavy atom.